The van der Waals surface area contributed by atoms with Crippen LogP contribution in [0.4, 0.5) is 5.69 Å². The lowest BCUT2D eigenvalue weighted by Gasteiger charge is -2.34. The Labute approximate surface area is 245 Å². The van der Waals surface area contributed by atoms with Gasteiger partial charge in [-0.15, -0.1) is 11.8 Å². The van der Waals surface area contributed by atoms with E-state index < -0.39 is 22.6 Å². The number of anilines is 1. The van der Waals surface area contributed by atoms with Crippen LogP contribution < -0.4 is 10.6 Å². The molecule has 3 fully saturated rings. The van der Waals surface area contributed by atoms with Crippen LogP contribution in [0.15, 0.2) is 72.8 Å². The van der Waals surface area contributed by atoms with E-state index >= 15 is 0 Å². The number of hydrogen-bond donors (Lipinski definition) is 3. The molecule has 2 unspecified atom stereocenters. The fourth-order valence-electron chi connectivity index (χ4n) is 7.12. The molecular weight excluding hydrogens is 534 g/mol. The first-order valence-corrected chi connectivity index (χ1v) is 15.6. The van der Waals surface area contributed by atoms with Crippen LogP contribution in [0, 0.1) is 11.8 Å². The van der Waals surface area contributed by atoms with Gasteiger partial charge in [-0.05, 0) is 54.2 Å². The summed E-state index contributed by atoms with van der Waals surface area (Å²) in [6, 6.07) is 23.0. The monoisotopic (exact) mass is 571 g/mol. The summed E-state index contributed by atoms with van der Waals surface area (Å²) in [6.45, 7) is 1.05. The zero-order valence-electron chi connectivity index (χ0n) is 23.1. The lowest BCUT2D eigenvalue weighted by molar-refractivity contribution is -0.139. The molecule has 7 nitrogen and oxygen atoms in total. The van der Waals surface area contributed by atoms with Gasteiger partial charge in [0.2, 0.25) is 17.7 Å². The molecular formula is C33H37N3O4S. The van der Waals surface area contributed by atoms with Crippen molar-refractivity contribution in [1.29, 1.82) is 0 Å². The van der Waals surface area contributed by atoms with Gasteiger partial charge in [-0.1, -0.05) is 73.5 Å². The van der Waals surface area contributed by atoms with E-state index in [1.165, 1.54) is 0 Å². The van der Waals surface area contributed by atoms with Gasteiger partial charge in [0.15, 0.2) is 0 Å². The average molecular weight is 572 g/mol. The smallest absolute Gasteiger partial charge is 0.248 e. The first-order valence-electron chi connectivity index (χ1n) is 14.7. The van der Waals surface area contributed by atoms with E-state index in [1.54, 1.807) is 16.7 Å². The maximum absolute atomic E-state index is 14.1. The third-order valence-electron chi connectivity index (χ3n) is 8.98. The van der Waals surface area contributed by atoms with Gasteiger partial charge in [0.05, 0.1) is 16.6 Å². The lowest BCUT2D eigenvalue weighted by Crippen LogP contribution is -2.51. The largest absolute Gasteiger partial charge is 0.396 e. The van der Waals surface area contributed by atoms with Gasteiger partial charge < -0.3 is 20.6 Å². The number of carbonyl (C=O) groups is 3. The van der Waals surface area contributed by atoms with Crippen LogP contribution in [0.2, 0.25) is 0 Å². The third kappa shape index (κ3) is 5.24. The number of hydrogen-bond acceptors (Lipinski definition) is 5. The van der Waals surface area contributed by atoms with Gasteiger partial charge in [0.1, 0.15) is 6.04 Å². The van der Waals surface area contributed by atoms with Gasteiger partial charge in [0, 0.05) is 30.6 Å². The number of benzene rings is 3. The Balaban J connectivity index is 1.25. The minimum atomic E-state index is -0.633. The number of nitrogens with zero attached hydrogens (tertiary/aromatic N) is 1. The number of rotatable bonds is 11. The predicted octanol–water partition coefficient (Wildman–Crippen LogP) is 4.74. The molecule has 3 saturated heterocycles. The van der Waals surface area contributed by atoms with Crippen molar-refractivity contribution in [2.45, 2.75) is 61.1 Å². The molecule has 8 heteroatoms. The van der Waals surface area contributed by atoms with Crippen molar-refractivity contribution in [2.24, 2.45) is 11.8 Å². The van der Waals surface area contributed by atoms with Crippen LogP contribution >= 0.6 is 11.8 Å². The molecule has 1 spiro atoms. The van der Waals surface area contributed by atoms with Gasteiger partial charge in [0.25, 0.3) is 0 Å². The topological polar surface area (TPSA) is 98.7 Å². The molecule has 0 saturated carbocycles. The van der Waals surface area contributed by atoms with Gasteiger partial charge in [-0.3, -0.25) is 14.4 Å². The van der Waals surface area contributed by atoms with Crippen molar-refractivity contribution >= 4 is 45.9 Å². The summed E-state index contributed by atoms with van der Waals surface area (Å²) in [4.78, 5) is 43.6. The van der Waals surface area contributed by atoms with Gasteiger partial charge in [-0.25, -0.2) is 0 Å². The van der Waals surface area contributed by atoms with E-state index in [1.807, 2.05) is 72.8 Å². The Bertz CT molecular complexity index is 1430. The van der Waals surface area contributed by atoms with Crippen molar-refractivity contribution in [2.75, 3.05) is 18.5 Å². The molecule has 214 valence electrons. The molecule has 3 aliphatic rings. The maximum Gasteiger partial charge on any atom is 0.248 e. The molecule has 6 rings (SSSR count). The number of unbranched alkanes of at least 4 members (excludes halogenated alkanes) is 3. The third-order valence-corrected chi connectivity index (χ3v) is 10.9. The van der Waals surface area contributed by atoms with Crippen LogP contribution in [-0.2, 0) is 20.9 Å². The normalized spacial score (nSPS) is 26.4. The molecule has 5 atom stereocenters. The number of aliphatic hydroxyl groups is 1. The summed E-state index contributed by atoms with van der Waals surface area (Å²) in [5, 5.41) is 17.6. The second-order valence-electron chi connectivity index (χ2n) is 11.5. The van der Waals surface area contributed by atoms with Crippen LogP contribution in [0.25, 0.3) is 10.8 Å². The van der Waals surface area contributed by atoms with Crippen molar-refractivity contribution in [1.82, 2.24) is 10.2 Å². The van der Waals surface area contributed by atoms with E-state index in [-0.39, 0.29) is 29.6 Å². The average Bonchev–Trinajstić information content (AvgIpc) is 3.63. The van der Waals surface area contributed by atoms with Crippen molar-refractivity contribution in [3.05, 3.63) is 78.4 Å². The summed E-state index contributed by atoms with van der Waals surface area (Å²) in [7, 11) is 0. The van der Waals surface area contributed by atoms with E-state index in [0.717, 1.165) is 54.9 Å². The summed E-state index contributed by atoms with van der Waals surface area (Å²) in [5.41, 5.74) is 1.72. The minimum Gasteiger partial charge on any atom is -0.396 e. The Morgan fingerprint density at radius 1 is 0.927 bits per heavy atom. The summed E-state index contributed by atoms with van der Waals surface area (Å²) in [6.07, 6.45) is 4.81. The fourth-order valence-corrected chi connectivity index (χ4v) is 9.34. The van der Waals surface area contributed by atoms with Crippen LogP contribution in [-0.4, -0.2) is 56.9 Å². The van der Waals surface area contributed by atoms with Gasteiger partial charge in [-0.2, -0.15) is 0 Å². The number of fused-ring (bicyclic) bond motifs is 2. The van der Waals surface area contributed by atoms with E-state index in [0.29, 0.717) is 18.8 Å². The Kier molecular flexibility index (Phi) is 8.04. The summed E-state index contributed by atoms with van der Waals surface area (Å²) >= 11 is 1.69. The van der Waals surface area contributed by atoms with Crippen LogP contribution in [0.5, 0.6) is 0 Å². The number of thioether (sulfide) groups is 1. The quantitative estimate of drug-likeness (QED) is 0.289. The minimum absolute atomic E-state index is 0.0300. The predicted molar refractivity (Wildman–Crippen MR) is 162 cm³/mol. The maximum atomic E-state index is 14.1. The standard InChI is InChI=1S/C33H37N3O4S/c37-19-9-2-1-8-18-36-29(31(39)35-25-15-14-23-12-6-7-13-24(23)20-25)33-17-16-26(41-33)27(28(33)32(36)40)30(38)34-21-22-10-4-3-5-11-22/h3-7,10-15,20,26-29,37H,1-2,8-9,16-19,21H2,(H,34,38)(H,35,39)/t26-,27+,28+,29?,33?/m1/s1. The molecule has 3 heterocycles. The SMILES string of the molecule is O=C(Nc1ccc2ccccc2c1)C1N(CCCCCCO)C(=O)[C@@H]2[C@@H](C(=O)NCc3ccccc3)[C@H]3CCC12S3. The molecule has 2 bridgehead atoms. The highest BCUT2D eigenvalue weighted by atomic mass is 32.2. The van der Waals surface area contributed by atoms with Crippen molar-refractivity contribution in [3.63, 3.8) is 0 Å². The van der Waals surface area contributed by atoms with Crippen LogP contribution in [0.3, 0.4) is 0 Å². The zero-order valence-corrected chi connectivity index (χ0v) is 23.9. The lowest BCUT2D eigenvalue weighted by atomic mass is 9.70. The molecule has 0 aromatic heterocycles. The second kappa shape index (κ2) is 11.9. The highest BCUT2D eigenvalue weighted by Crippen LogP contribution is 2.66. The van der Waals surface area contributed by atoms with Crippen molar-refractivity contribution in [3.8, 4) is 0 Å². The highest BCUT2D eigenvalue weighted by Gasteiger charge is 2.73. The number of likely N-dealkylation sites (tertiary alicyclic amines) is 1. The number of carbonyl (C=O) groups excluding carboxylic acids is 3. The zero-order chi connectivity index (χ0) is 28.4. The molecule has 3 aromatic carbocycles. The molecule has 0 radical (unpaired) electrons. The highest BCUT2D eigenvalue weighted by molar-refractivity contribution is 8.02. The molecule has 3 aromatic rings. The number of aliphatic hydroxyl groups excluding tert-OH is 1. The number of nitrogens with one attached hydrogen (secondary N) is 2. The first-order chi connectivity index (χ1) is 20.0. The molecule has 3 N–H and O–H groups in total. The molecule has 3 aliphatic heterocycles. The van der Waals surface area contributed by atoms with Gasteiger partial charge >= 0.3 is 0 Å². The fraction of sp³-hybridized carbons (Fsp3) is 0.424. The summed E-state index contributed by atoms with van der Waals surface area (Å²) < 4.78 is -0.609. The molecule has 3 amide bonds. The first kappa shape index (κ1) is 27.8. The van der Waals surface area contributed by atoms with Crippen molar-refractivity contribution < 1.29 is 19.5 Å². The molecule has 0 aliphatic carbocycles. The Morgan fingerprint density at radius 3 is 2.49 bits per heavy atom. The van der Waals surface area contributed by atoms with E-state index in [4.69, 9.17) is 5.11 Å². The van der Waals surface area contributed by atoms with E-state index in [9.17, 15) is 14.4 Å². The van der Waals surface area contributed by atoms with E-state index in [2.05, 4.69) is 10.6 Å². The summed E-state index contributed by atoms with van der Waals surface area (Å²) in [5.74, 6) is -1.29. The number of amides is 3. The second-order valence-corrected chi connectivity index (χ2v) is 13.1. The molecule has 41 heavy (non-hydrogen) atoms. The Morgan fingerprint density at radius 2 is 1.68 bits per heavy atom. The van der Waals surface area contributed by atoms with Crippen LogP contribution in [0.1, 0.15) is 44.1 Å². The Hall–Kier alpha value is -3.36.